The second kappa shape index (κ2) is 12.5. The molecule has 9 heteroatoms. The molecule has 1 saturated heterocycles. The van der Waals surface area contributed by atoms with Gasteiger partial charge in [-0.05, 0) is 73.0 Å². The van der Waals surface area contributed by atoms with Gasteiger partial charge >= 0.3 is 0 Å². The fourth-order valence-electron chi connectivity index (χ4n) is 4.05. The number of hydrogen-bond donors (Lipinski definition) is 1. The SMILES string of the molecule is COc1ccc(N=C2S[C@H](C(=O)Nc3cccc(C)c3)CC(=O)N2CCc2ccc(OC)c(OC)c2)cc1. The van der Waals surface area contributed by atoms with Crippen molar-refractivity contribution in [1.29, 1.82) is 0 Å². The number of amidine groups is 1. The minimum Gasteiger partial charge on any atom is -0.497 e. The van der Waals surface area contributed by atoms with Crippen LogP contribution in [0.3, 0.4) is 0 Å². The fraction of sp³-hybridized carbons (Fsp3) is 0.276. The average Bonchev–Trinajstić information content (AvgIpc) is 2.92. The molecular formula is C29H31N3O5S. The van der Waals surface area contributed by atoms with Crippen molar-refractivity contribution in [3.8, 4) is 17.2 Å². The van der Waals surface area contributed by atoms with Gasteiger partial charge in [-0.3, -0.25) is 14.5 Å². The third-order valence-electron chi connectivity index (χ3n) is 6.09. The van der Waals surface area contributed by atoms with Crippen molar-refractivity contribution in [2.45, 2.75) is 25.0 Å². The first kappa shape index (κ1) is 27.1. The number of nitrogens with zero attached hydrogens (tertiary/aromatic N) is 2. The van der Waals surface area contributed by atoms with Gasteiger partial charge in [-0.2, -0.15) is 0 Å². The number of amides is 2. The Hall–Kier alpha value is -3.98. The van der Waals surface area contributed by atoms with E-state index in [-0.39, 0.29) is 18.2 Å². The number of methoxy groups -OCH3 is 3. The highest BCUT2D eigenvalue weighted by molar-refractivity contribution is 8.15. The predicted octanol–water partition coefficient (Wildman–Crippen LogP) is 5.22. The van der Waals surface area contributed by atoms with E-state index in [9.17, 15) is 9.59 Å². The number of nitrogens with one attached hydrogen (secondary N) is 1. The van der Waals surface area contributed by atoms with Gasteiger partial charge in [0.2, 0.25) is 11.8 Å². The molecule has 1 heterocycles. The van der Waals surface area contributed by atoms with Gasteiger partial charge in [0.25, 0.3) is 0 Å². The lowest BCUT2D eigenvalue weighted by Crippen LogP contribution is -2.46. The monoisotopic (exact) mass is 533 g/mol. The van der Waals surface area contributed by atoms with E-state index in [0.717, 1.165) is 11.1 Å². The lowest BCUT2D eigenvalue weighted by molar-refractivity contribution is -0.129. The van der Waals surface area contributed by atoms with E-state index in [1.54, 1.807) is 26.2 Å². The molecule has 0 unspecified atom stereocenters. The summed E-state index contributed by atoms with van der Waals surface area (Å²) in [6, 6.07) is 20.5. The van der Waals surface area contributed by atoms with Crippen molar-refractivity contribution >= 4 is 40.1 Å². The lowest BCUT2D eigenvalue weighted by Gasteiger charge is -2.32. The number of thioether (sulfide) groups is 1. The minimum atomic E-state index is -0.600. The molecule has 0 aliphatic carbocycles. The Morgan fingerprint density at radius 3 is 2.45 bits per heavy atom. The molecule has 2 amide bonds. The molecule has 0 aromatic heterocycles. The molecule has 38 heavy (non-hydrogen) atoms. The van der Waals surface area contributed by atoms with E-state index in [0.29, 0.717) is 46.8 Å². The lowest BCUT2D eigenvalue weighted by atomic mass is 10.1. The molecule has 1 atom stereocenters. The summed E-state index contributed by atoms with van der Waals surface area (Å²) in [5.41, 5.74) is 3.39. The number of hydrogen-bond acceptors (Lipinski definition) is 7. The number of carbonyl (C=O) groups is 2. The predicted molar refractivity (Wildman–Crippen MR) is 151 cm³/mol. The van der Waals surface area contributed by atoms with Gasteiger partial charge in [-0.15, -0.1) is 0 Å². The van der Waals surface area contributed by atoms with Crippen molar-refractivity contribution in [3.63, 3.8) is 0 Å². The zero-order valence-corrected chi connectivity index (χ0v) is 22.7. The van der Waals surface area contributed by atoms with Gasteiger partial charge in [0.1, 0.15) is 11.0 Å². The van der Waals surface area contributed by atoms with Crippen molar-refractivity contribution in [3.05, 3.63) is 77.9 Å². The summed E-state index contributed by atoms with van der Waals surface area (Å²) in [6.07, 6.45) is 0.657. The van der Waals surface area contributed by atoms with Crippen LogP contribution < -0.4 is 19.5 Å². The quantitative estimate of drug-likeness (QED) is 0.406. The van der Waals surface area contributed by atoms with Gasteiger partial charge in [0.15, 0.2) is 16.7 Å². The summed E-state index contributed by atoms with van der Waals surface area (Å²) in [4.78, 5) is 32.9. The topological polar surface area (TPSA) is 89.5 Å². The largest absolute Gasteiger partial charge is 0.497 e. The van der Waals surface area contributed by atoms with Crippen LogP contribution in [-0.4, -0.2) is 55.0 Å². The second-order valence-electron chi connectivity index (χ2n) is 8.75. The van der Waals surface area contributed by atoms with Gasteiger partial charge in [-0.1, -0.05) is 30.0 Å². The van der Waals surface area contributed by atoms with Gasteiger partial charge in [-0.25, -0.2) is 4.99 Å². The number of aliphatic imine (C=N–C) groups is 1. The Labute approximate surface area is 227 Å². The Kier molecular flexibility index (Phi) is 8.91. The molecule has 0 radical (unpaired) electrons. The van der Waals surface area contributed by atoms with Crippen LogP contribution in [0.25, 0.3) is 0 Å². The maximum absolute atomic E-state index is 13.3. The van der Waals surface area contributed by atoms with Crippen LogP contribution in [0.5, 0.6) is 17.2 Å². The molecule has 0 bridgehead atoms. The zero-order valence-electron chi connectivity index (χ0n) is 21.9. The zero-order chi connectivity index (χ0) is 27.1. The molecule has 0 saturated carbocycles. The Morgan fingerprint density at radius 1 is 1.00 bits per heavy atom. The number of ether oxygens (including phenoxy) is 3. The molecule has 1 N–H and O–H groups in total. The van der Waals surface area contributed by atoms with Crippen LogP contribution in [0.2, 0.25) is 0 Å². The Balaban J connectivity index is 1.56. The van der Waals surface area contributed by atoms with Gasteiger partial charge in [0.05, 0.1) is 27.0 Å². The van der Waals surface area contributed by atoms with E-state index in [1.165, 1.54) is 11.8 Å². The van der Waals surface area contributed by atoms with E-state index in [4.69, 9.17) is 19.2 Å². The molecule has 1 aliphatic rings. The van der Waals surface area contributed by atoms with E-state index in [1.807, 2.05) is 73.7 Å². The highest BCUT2D eigenvalue weighted by Gasteiger charge is 2.36. The third kappa shape index (κ3) is 6.66. The minimum absolute atomic E-state index is 0.0792. The van der Waals surface area contributed by atoms with Crippen LogP contribution in [0, 0.1) is 6.92 Å². The first-order valence-corrected chi connectivity index (χ1v) is 13.1. The summed E-state index contributed by atoms with van der Waals surface area (Å²) in [7, 11) is 4.78. The molecule has 3 aromatic rings. The standard InChI is InChI=1S/C29H31N3O5S/c1-19-6-5-7-22(16-19)30-28(34)26-18-27(33)32(15-14-20-8-13-24(36-3)25(17-20)37-4)29(38-26)31-21-9-11-23(35-2)12-10-21/h5-13,16-17,26H,14-15,18H2,1-4H3,(H,30,34)/t26-/m0/s1. The molecular weight excluding hydrogens is 502 g/mol. The molecule has 4 rings (SSSR count). The molecule has 8 nitrogen and oxygen atoms in total. The van der Waals surface area contributed by atoms with E-state index >= 15 is 0 Å². The first-order valence-electron chi connectivity index (χ1n) is 12.2. The van der Waals surface area contributed by atoms with E-state index < -0.39 is 5.25 Å². The van der Waals surface area contributed by atoms with E-state index in [2.05, 4.69) is 5.32 Å². The number of rotatable bonds is 9. The summed E-state index contributed by atoms with van der Waals surface area (Å²) in [5, 5.41) is 2.82. The maximum atomic E-state index is 13.3. The van der Waals surface area contributed by atoms with Gasteiger partial charge in [0, 0.05) is 18.7 Å². The number of aryl methyl sites for hydroxylation is 1. The third-order valence-corrected chi connectivity index (χ3v) is 7.27. The van der Waals surface area contributed by atoms with Crippen LogP contribution in [0.1, 0.15) is 17.5 Å². The summed E-state index contributed by atoms with van der Waals surface area (Å²) in [6.45, 7) is 2.37. The molecule has 1 aliphatic heterocycles. The second-order valence-corrected chi connectivity index (χ2v) is 9.92. The molecule has 3 aromatic carbocycles. The number of anilines is 1. The van der Waals surface area contributed by atoms with Crippen LogP contribution in [0.4, 0.5) is 11.4 Å². The van der Waals surface area contributed by atoms with Crippen molar-refractivity contribution in [2.75, 3.05) is 33.2 Å². The summed E-state index contributed by atoms with van der Waals surface area (Å²) >= 11 is 1.30. The van der Waals surface area contributed by atoms with Crippen molar-refractivity contribution < 1.29 is 23.8 Å². The fourth-order valence-corrected chi connectivity index (χ4v) is 5.18. The normalized spacial score (nSPS) is 16.3. The van der Waals surface area contributed by atoms with Crippen LogP contribution in [-0.2, 0) is 16.0 Å². The average molecular weight is 534 g/mol. The van der Waals surface area contributed by atoms with Crippen LogP contribution >= 0.6 is 11.8 Å². The van der Waals surface area contributed by atoms with Gasteiger partial charge < -0.3 is 19.5 Å². The smallest absolute Gasteiger partial charge is 0.238 e. The van der Waals surface area contributed by atoms with Crippen LogP contribution in [0.15, 0.2) is 71.7 Å². The summed E-state index contributed by atoms with van der Waals surface area (Å²) < 4.78 is 16.0. The summed E-state index contributed by atoms with van der Waals surface area (Å²) in [5.74, 6) is 1.60. The maximum Gasteiger partial charge on any atom is 0.238 e. The number of carbonyl (C=O) groups excluding carboxylic acids is 2. The van der Waals surface area contributed by atoms with Crippen molar-refractivity contribution in [1.82, 2.24) is 4.90 Å². The Bertz CT molecular complexity index is 1330. The highest BCUT2D eigenvalue weighted by atomic mass is 32.2. The highest BCUT2D eigenvalue weighted by Crippen LogP contribution is 2.32. The first-order chi connectivity index (χ1) is 18.4. The molecule has 1 fully saturated rings. The molecule has 198 valence electrons. The Morgan fingerprint density at radius 2 is 1.76 bits per heavy atom. The number of benzene rings is 3. The van der Waals surface area contributed by atoms with Crippen molar-refractivity contribution in [2.24, 2.45) is 4.99 Å². The molecule has 0 spiro atoms.